The van der Waals surface area contributed by atoms with Crippen molar-refractivity contribution in [3.8, 4) is 5.75 Å². The van der Waals surface area contributed by atoms with E-state index < -0.39 is 18.0 Å². The second-order valence-electron chi connectivity index (χ2n) is 9.24. The molecule has 0 unspecified atom stereocenters. The van der Waals surface area contributed by atoms with Gasteiger partial charge in [-0.1, -0.05) is 31.0 Å². The number of halogens is 3. The molecule has 1 aromatic heterocycles. The molecule has 1 saturated carbocycles. The maximum atomic E-state index is 13.9. The number of methoxy groups -OCH3 is 1. The lowest BCUT2D eigenvalue weighted by molar-refractivity contribution is -0.153. The maximum Gasteiger partial charge on any atom is 0.451 e. The fourth-order valence-electron chi connectivity index (χ4n) is 5.51. The molecular formula is C25H27F3N4O4. The van der Waals surface area contributed by atoms with Crippen LogP contribution in [0.25, 0.3) is 0 Å². The molecule has 1 fully saturated rings. The van der Waals surface area contributed by atoms with Crippen molar-refractivity contribution in [3.63, 3.8) is 0 Å². The van der Waals surface area contributed by atoms with Crippen LogP contribution in [0.5, 0.6) is 5.75 Å². The van der Waals surface area contributed by atoms with Gasteiger partial charge in [-0.15, -0.1) is 0 Å². The number of aromatic nitrogens is 1. The summed E-state index contributed by atoms with van der Waals surface area (Å²) in [5.74, 6) is -1.35. The SMILES string of the molecule is COc1ccccc1[C@@H]1C2=C(CNC2=O)N[C@@H]2CCCC[C@H]2N1C(=O)CCc1ncc(C(F)(F)F)o1. The summed E-state index contributed by atoms with van der Waals surface area (Å²) in [7, 11) is 1.54. The fourth-order valence-corrected chi connectivity index (χ4v) is 5.51. The number of ether oxygens (including phenoxy) is 1. The van der Waals surface area contributed by atoms with Gasteiger partial charge in [-0.05, 0) is 18.9 Å². The van der Waals surface area contributed by atoms with E-state index in [1.54, 1.807) is 11.0 Å². The molecule has 2 aliphatic heterocycles. The quantitative estimate of drug-likeness (QED) is 0.647. The van der Waals surface area contributed by atoms with Crippen LogP contribution in [0.2, 0.25) is 0 Å². The first-order valence-corrected chi connectivity index (χ1v) is 12.0. The fraction of sp³-hybridized carbons (Fsp3) is 0.480. The van der Waals surface area contributed by atoms with Crippen LogP contribution >= 0.6 is 0 Å². The van der Waals surface area contributed by atoms with E-state index in [1.165, 1.54) is 7.11 Å². The number of para-hydroxylation sites is 1. The number of hydrogen-bond acceptors (Lipinski definition) is 6. The third kappa shape index (κ3) is 4.42. The largest absolute Gasteiger partial charge is 0.496 e. The number of nitrogens with zero attached hydrogens (tertiary/aromatic N) is 2. The lowest BCUT2D eigenvalue weighted by atomic mass is 9.87. The Labute approximate surface area is 205 Å². The van der Waals surface area contributed by atoms with Crippen LogP contribution in [0, 0.1) is 0 Å². The molecule has 3 heterocycles. The van der Waals surface area contributed by atoms with E-state index in [0.29, 0.717) is 29.6 Å². The molecule has 0 bridgehead atoms. The molecule has 8 nitrogen and oxygen atoms in total. The van der Waals surface area contributed by atoms with Gasteiger partial charge in [-0.3, -0.25) is 9.59 Å². The number of benzene rings is 1. The predicted octanol–water partition coefficient (Wildman–Crippen LogP) is 3.50. The van der Waals surface area contributed by atoms with Crippen molar-refractivity contribution in [2.75, 3.05) is 13.7 Å². The van der Waals surface area contributed by atoms with Crippen molar-refractivity contribution in [3.05, 3.63) is 58.9 Å². The number of oxazole rings is 1. The Morgan fingerprint density at radius 3 is 2.78 bits per heavy atom. The molecule has 11 heteroatoms. The summed E-state index contributed by atoms with van der Waals surface area (Å²) in [6, 6.07) is 6.32. The lowest BCUT2D eigenvalue weighted by Crippen LogP contribution is -2.53. The van der Waals surface area contributed by atoms with Gasteiger partial charge < -0.3 is 24.7 Å². The van der Waals surface area contributed by atoms with Gasteiger partial charge in [-0.2, -0.15) is 13.2 Å². The van der Waals surface area contributed by atoms with E-state index >= 15 is 0 Å². The van der Waals surface area contributed by atoms with Gasteiger partial charge in [0.15, 0.2) is 5.89 Å². The molecule has 36 heavy (non-hydrogen) atoms. The molecule has 0 spiro atoms. The predicted molar refractivity (Wildman–Crippen MR) is 122 cm³/mol. The number of nitrogens with one attached hydrogen (secondary N) is 2. The van der Waals surface area contributed by atoms with Crippen molar-refractivity contribution >= 4 is 11.8 Å². The number of rotatable bonds is 5. The van der Waals surface area contributed by atoms with Gasteiger partial charge in [0.05, 0.1) is 37.5 Å². The second kappa shape index (κ2) is 9.51. The van der Waals surface area contributed by atoms with Crippen molar-refractivity contribution in [2.45, 2.75) is 62.8 Å². The van der Waals surface area contributed by atoms with Crippen molar-refractivity contribution in [2.24, 2.45) is 0 Å². The van der Waals surface area contributed by atoms with E-state index in [2.05, 4.69) is 15.6 Å². The molecular weight excluding hydrogens is 477 g/mol. The normalized spacial score (nSPS) is 23.9. The Hall–Kier alpha value is -3.50. The average molecular weight is 505 g/mol. The van der Waals surface area contributed by atoms with Gasteiger partial charge in [0.25, 0.3) is 5.91 Å². The zero-order chi connectivity index (χ0) is 25.4. The molecule has 0 saturated heterocycles. The van der Waals surface area contributed by atoms with Crippen LogP contribution < -0.4 is 15.4 Å². The third-order valence-corrected chi connectivity index (χ3v) is 7.10. The average Bonchev–Trinajstić information content (AvgIpc) is 3.45. The number of alkyl halides is 3. The summed E-state index contributed by atoms with van der Waals surface area (Å²) in [6.45, 7) is 0.349. The van der Waals surface area contributed by atoms with Gasteiger partial charge in [0.1, 0.15) is 5.75 Å². The molecule has 3 aliphatic rings. The van der Waals surface area contributed by atoms with Crippen molar-refractivity contribution in [1.29, 1.82) is 0 Å². The Kier molecular flexibility index (Phi) is 6.40. The zero-order valence-electron chi connectivity index (χ0n) is 19.7. The summed E-state index contributed by atoms with van der Waals surface area (Å²) in [5.41, 5.74) is 1.92. The number of amides is 2. The highest BCUT2D eigenvalue weighted by Gasteiger charge is 2.47. The standard InChI is InChI=1S/C25H27F3N4O4/c1-35-18-9-5-2-6-14(18)23-22-16(12-30-24(22)34)31-15-7-3-4-8-17(15)32(23)21(33)11-10-20-29-13-19(36-20)25(26,27)28/h2,5-6,9,13,15,17,23,31H,3-4,7-8,10-12H2,1H3,(H,30,34)/t15-,17-,23-/m1/s1. The van der Waals surface area contributed by atoms with E-state index in [0.717, 1.165) is 31.4 Å². The molecule has 1 aliphatic carbocycles. The Morgan fingerprint density at radius 2 is 2.03 bits per heavy atom. The highest BCUT2D eigenvalue weighted by atomic mass is 19.4. The summed E-state index contributed by atoms with van der Waals surface area (Å²) in [6.07, 6.45) is -0.711. The summed E-state index contributed by atoms with van der Waals surface area (Å²) in [4.78, 5) is 32.4. The molecule has 0 radical (unpaired) electrons. The minimum atomic E-state index is -4.64. The van der Waals surface area contributed by atoms with Crippen molar-refractivity contribution in [1.82, 2.24) is 20.5 Å². The Balaban J connectivity index is 1.53. The van der Waals surface area contributed by atoms with Crippen molar-refractivity contribution < 1.29 is 31.9 Å². The van der Waals surface area contributed by atoms with Crippen LogP contribution in [0.4, 0.5) is 13.2 Å². The first-order chi connectivity index (χ1) is 17.3. The minimum Gasteiger partial charge on any atom is -0.496 e. The van der Waals surface area contributed by atoms with E-state index in [-0.39, 0.29) is 42.6 Å². The lowest BCUT2D eigenvalue weighted by Gasteiger charge is -2.43. The van der Waals surface area contributed by atoms with Crippen LogP contribution in [0.15, 0.2) is 46.1 Å². The summed E-state index contributed by atoms with van der Waals surface area (Å²) >= 11 is 0. The molecule has 1 aromatic carbocycles. The molecule has 3 atom stereocenters. The summed E-state index contributed by atoms with van der Waals surface area (Å²) in [5, 5.41) is 6.40. The molecule has 5 rings (SSSR count). The van der Waals surface area contributed by atoms with Crippen LogP contribution in [-0.4, -0.2) is 47.4 Å². The van der Waals surface area contributed by atoms with E-state index in [1.807, 2.05) is 18.2 Å². The maximum absolute atomic E-state index is 13.9. The number of carbonyl (C=O) groups is 2. The highest BCUT2D eigenvalue weighted by Crippen LogP contribution is 2.43. The summed E-state index contributed by atoms with van der Waals surface area (Å²) < 4.78 is 49.2. The molecule has 192 valence electrons. The third-order valence-electron chi connectivity index (χ3n) is 7.10. The van der Waals surface area contributed by atoms with Gasteiger partial charge >= 0.3 is 6.18 Å². The Morgan fingerprint density at radius 1 is 1.25 bits per heavy atom. The number of aryl methyl sites for hydroxylation is 1. The first kappa shape index (κ1) is 24.2. The van der Waals surface area contributed by atoms with Crippen LogP contribution in [-0.2, 0) is 22.2 Å². The van der Waals surface area contributed by atoms with Gasteiger partial charge in [0.2, 0.25) is 11.7 Å². The highest BCUT2D eigenvalue weighted by molar-refractivity contribution is 5.99. The molecule has 2 aromatic rings. The smallest absolute Gasteiger partial charge is 0.451 e. The molecule has 2 N–H and O–H groups in total. The van der Waals surface area contributed by atoms with E-state index in [9.17, 15) is 22.8 Å². The van der Waals surface area contributed by atoms with Crippen LogP contribution in [0.3, 0.4) is 0 Å². The molecule has 2 amide bonds. The monoisotopic (exact) mass is 504 g/mol. The number of hydrogen-bond donors (Lipinski definition) is 2. The zero-order valence-corrected chi connectivity index (χ0v) is 19.7. The minimum absolute atomic E-state index is 0.0429. The number of carbonyl (C=O) groups excluding carboxylic acids is 2. The van der Waals surface area contributed by atoms with Gasteiger partial charge in [0, 0.05) is 30.1 Å². The van der Waals surface area contributed by atoms with Crippen LogP contribution in [0.1, 0.15) is 55.4 Å². The Bertz CT molecular complexity index is 1190. The second-order valence-corrected chi connectivity index (χ2v) is 9.24. The van der Waals surface area contributed by atoms with Gasteiger partial charge in [-0.25, -0.2) is 4.98 Å². The first-order valence-electron chi connectivity index (χ1n) is 12.0. The number of fused-ring (bicyclic) bond motifs is 1. The topological polar surface area (TPSA) is 96.7 Å². The van der Waals surface area contributed by atoms with E-state index in [4.69, 9.17) is 9.15 Å².